The summed E-state index contributed by atoms with van der Waals surface area (Å²) in [7, 11) is 0. The number of fused-ring (bicyclic) bond motifs is 2. The average Bonchev–Trinajstić information content (AvgIpc) is 2.48. The summed E-state index contributed by atoms with van der Waals surface area (Å²) in [6.07, 6.45) is 0.259. The van der Waals surface area contributed by atoms with E-state index >= 15 is 0 Å². The third-order valence-corrected chi connectivity index (χ3v) is 3.19. The molecule has 0 radical (unpaired) electrons. The van der Waals surface area contributed by atoms with E-state index in [1.165, 1.54) is 0 Å². The van der Waals surface area contributed by atoms with Crippen molar-refractivity contribution in [3.63, 3.8) is 0 Å². The Labute approximate surface area is 122 Å². The second-order valence-electron chi connectivity index (χ2n) is 4.41. The molecule has 3 nitrogen and oxygen atoms in total. The third kappa shape index (κ3) is 3.32. The minimum Gasteiger partial charge on any atom is -0.326 e. The first-order chi connectivity index (χ1) is 9.61. The van der Waals surface area contributed by atoms with E-state index in [4.69, 9.17) is 17.3 Å². The average molecular weight is 288 g/mol. The summed E-state index contributed by atoms with van der Waals surface area (Å²) >= 11 is 5.26. The highest BCUT2D eigenvalue weighted by Gasteiger charge is 2.17. The zero-order valence-electron chi connectivity index (χ0n) is 10.8. The fraction of sp³-hybridized carbons (Fsp3) is 0.125. The van der Waals surface area contributed by atoms with Crippen molar-refractivity contribution in [3.05, 3.63) is 70.8 Å². The molecule has 102 valence electrons. The number of ketones is 1. The molecule has 0 atom stereocenters. The maximum Gasteiger partial charge on any atom is 0.226 e. The van der Waals surface area contributed by atoms with Gasteiger partial charge in [0, 0.05) is 24.1 Å². The highest BCUT2D eigenvalue weighted by atomic mass is 35.5. The van der Waals surface area contributed by atoms with Crippen molar-refractivity contribution in [1.29, 1.82) is 0 Å². The topological polar surface area (TPSA) is 60.2 Å². The Kier molecular flexibility index (Phi) is 4.66. The van der Waals surface area contributed by atoms with Crippen LogP contribution in [0.3, 0.4) is 0 Å². The molecule has 0 aromatic heterocycles. The van der Waals surface area contributed by atoms with Crippen molar-refractivity contribution in [2.24, 2.45) is 5.73 Å². The van der Waals surface area contributed by atoms with Crippen LogP contribution in [0.5, 0.6) is 0 Å². The molecule has 4 rings (SSSR count). The summed E-state index contributed by atoms with van der Waals surface area (Å²) in [4.78, 5) is 21.3. The molecule has 4 heteroatoms. The molecule has 0 saturated carbocycles. The number of hydrogen-bond donors (Lipinski definition) is 1. The lowest BCUT2D eigenvalue weighted by Gasteiger charge is -2.10. The quantitative estimate of drug-likeness (QED) is 0.754. The lowest BCUT2D eigenvalue weighted by molar-refractivity contribution is -0.111. The number of hydrogen-bond acceptors (Lipinski definition) is 3. The van der Waals surface area contributed by atoms with Gasteiger partial charge in [-0.3, -0.25) is 9.59 Å². The summed E-state index contributed by atoms with van der Waals surface area (Å²) in [5.41, 5.74) is 9.07. The molecule has 0 saturated heterocycles. The number of carbonyl (C=O) groups excluding carboxylic acids is 2. The Morgan fingerprint density at radius 3 is 2.00 bits per heavy atom. The summed E-state index contributed by atoms with van der Waals surface area (Å²) in [6, 6.07) is 15.0. The standard InChI is InChI=1S/C9H10ClNO.C7H4O/c10-9(12)5-7-3-1-2-4-8(7)6-11;8-7-5-2-1-3-6(7)4-5/h1-4H,5-6,11H2;1-4H. The molecule has 0 spiro atoms. The molecule has 20 heavy (non-hydrogen) atoms. The molecule has 0 fully saturated rings. The number of nitrogens with two attached hydrogens (primary N) is 1. The van der Waals surface area contributed by atoms with Gasteiger partial charge in [0.15, 0.2) is 5.78 Å². The molecule has 0 heterocycles. The third-order valence-electron chi connectivity index (χ3n) is 3.05. The largest absolute Gasteiger partial charge is 0.326 e. The first-order valence-corrected chi connectivity index (χ1v) is 6.59. The lowest BCUT2D eigenvalue weighted by Crippen LogP contribution is -2.10. The van der Waals surface area contributed by atoms with E-state index in [0.29, 0.717) is 6.54 Å². The number of benzene rings is 2. The van der Waals surface area contributed by atoms with Crippen LogP contribution in [0, 0.1) is 0 Å². The Morgan fingerprint density at radius 2 is 1.60 bits per heavy atom. The van der Waals surface area contributed by atoms with Gasteiger partial charge in [-0.2, -0.15) is 0 Å². The Balaban J connectivity index is 0.000000157. The molecule has 2 bridgehead atoms. The molecule has 0 amide bonds. The van der Waals surface area contributed by atoms with Gasteiger partial charge in [0.25, 0.3) is 0 Å². The molecule has 2 aliphatic carbocycles. The molecule has 2 aromatic carbocycles. The fourth-order valence-corrected chi connectivity index (χ4v) is 2.11. The van der Waals surface area contributed by atoms with E-state index in [1.54, 1.807) is 0 Å². The van der Waals surface area contributed by atoms with E-state index < -0.39 is 0 Å². The minimum atomic E-state index is -0.351. The molecular weight excluding hydrogens is 274 g/mol. The van der Waals surface area contributed by atoms with Crippen molar-refractivity contribution in [1.82, 2.24) is 0 Å². The molecule has 2 N–H and O–H groups in total. The van der Waals surface area contributed by atoms with Gasteiger partial charge in [-0.15, -0.1) is 0 Å². The lowest BCUT2D eigenvalue weighted by atomic mass is 9.92. The second-order valence-corrected chi connectivity index (χ2v) is 4.84. The molecule has 0 aliphatic heterocycles. The first-order valence-electron chi connectivity index (χ1n) is 6.21. The summed E-state index contributed by atoms with van der Waals surface area (Å²) < 4.78 is 0. The van der Waals surface area contributed by atoms with Gasteiger partial charge in [-0.05, 0) is 28.8 Å². The van der Waals surface area contributed by atoms with E-state index in [-0.39, 0.29) is 17.4 Å². The van der Waals surface area contributed by atoms with Crippen LogP contribution in [-0.2, 0) is 17.8 Å². The number of carbonyl (C=O) groups is 2. The van der Waals surface area contributed by atoms with Crippen LogP contribution in [0.15, 0.2) is 48.5 Å². The number of rotatable bonds is 3. The van der Waals surface area contributed by atoms with Crippen LogP contribution in [0.4, 0.5) is 0 Å². The minimum absolute atomic E-state index is 0.201. The summed E-state index contributed by atoms with van der Waals surface area (Å²) in [5.74, 6) is 0.201. The van der Waals surface area contributed by atoms with Gasteiger partial charge in [0.1, 0.15) is 0 Å². The van der Waals surface area contributed by atoms with E-state index in [1.807, 2.05) is 48.5 Å². The zero-order chi connectivity index (χ0) is 14.5. The summed E-state index contributed by atoms with van der Waals surface area (Å²) in [6.45, 7) is 0.445. The first kappa shape index (κ1) is 14.4. The highest BCUT2D eigenvalue weighted by molar-refractivity contribution is 6.63. The van der Waals surface area contributed by atoms with E-state index in [9.17, 15) is 9.59 Å². The molecule has 2 aliphatic rings. The van der Waals surface area contributed by atoms with Gasteiger partial charge in [0.2, 0.25) is 5.24 Å². The van der Waals surface area contributed by atoms with Crippen molar-refractivity contribution >= 4 is 22.6 Å². The van der Waals surface area contributed by atoms with Crippen molar-refractivity contribution < 1.29 is 9.59 Å². The van der Waals surface area contributed by atoms with Gasteiger partial charge in [-0.1, -0.05) is 42.5 Å². The maximum atomic E-state index is 10.7. The van der Waals surface area contributed by atoms with Crippen molar-refractivity contribution in [3.8, 4) is 0 Å². The number of halogens is 1. The van der Waals surface area contributed by atoms with Crippen LogP contribution >= 0.6 is 11.6 Å². The molecular formula is C16H14ClNO2. The van der Waals surface area contributed by atoms with Crippen LogP contribution in [-0.4, -0.2) is 11.0 Å². The van der Waals surface area contributed by atoms with Gasteiger partial charge >= 0.3 is 0 Å². The predicted octanol–water partition coefficient (Wildman–Crippen LogP) is 2.68. The maximum absolute atomic E-state index is 10.7. The highest BCUT2D eigenvalue weighted by Crippen LogP contribution is 2.19. The van der Waals surface area contributed by atoms with Crippen molar-refractivity contribution in [2.45, 2.75) is 13.0 Å². The zero-order valence-corrected chi connectivity index (χ0v) is 11.6. The van der Waals surface area contributed by atoms with Crippen molar-refractivity contribution in [2.75, 3.05) is 0 Å². The normalized spacial score (nSPS) is 11.2. The smallest absolute Gasteiger partial charge is 0.226 e. The SMILES string of the molecule is NCc1ccccc1CC(=O)Cl.O=C1c2cccc1c2. The van der Waals surface area contributed by atoms with Crippen LogP contribution in [0.25, 0.3) is 0 Å². The second kappa shape index (κ2) is 6.46. The predicted molar refractivity (Wildman–Crippen MR) is 78.8 cm³/mol. The van der Waals surface area contributed by atoms with Crippen LogP contribution in [0.1, 0.15) is 27.0 Å². The fourth-order valence-electron chi connectivity index (χ4n) is 1.97. The van der Waals surface area contributed by atoms with E-state index in [0.717, 1.165) is 22.3 Å². The molecule has 2 aromatic rings. The Hall–Kier alpha value is -1.97. The van der Waals surface area contributed by atoms with Crippen LogP contribution < -0.4 is 5.73 Å². The Morgan fingerprint density at radius 1 is 1.00 bits per heavy atom. The van der Waals surface area contributed by atoms with Crippen LogP contribution in [0.2, 0.25) is 0 Å². The molecule has 0 unspecified atom stereocenters. The summed E-state index contributed by atoms with van der Waals surface area (Å²) in [5, 5.41) is -0.351. The van der Waals surface area contributed by atoms with Gasteiger partial charge in [0.05, 0.1) is 0 Å². The van der Waals surface area contributed by atoms with E-state index in [2.05, 4.69) is 0 Å². The monoisotopic (exact) mass is 287 g/mol. The van der Waals surface area contributed by atoms with Gasteiger partial charge < -0.3 is 5.73 Å². The Bertz CT molecular complexity index is 624. The van der Waals surface area contributed by atoms with Gasteiger partial charge in [-0.25, -0.2) is 0 Å².